The molecule has 0 N–H and O–H groups in total. The molecule has 2 aliphatic rings. The maximum atomic E-state index is 13.4. The van der Waals surface area contributed by atoms with Gasteiger partial charge in [0, 0.05) is 55.7 Å². The van der Waals surface area contributed by atoms with Crippen molar-refractivity contribution in [2.75, 3.05) is 26.2 Å². The van der Waals surface area contributed by atoms with Gasteiger partial charge in [-0.25, -0.2) is 0 Å². The molecule has 0 bridgehead atoms. The molecular weight excluding hydrogens is 374 g/mol. The fourth-order valence-electron chi connectivity index (χ4n) is 5.01. The van der Waals surface area contributed by atoms with Gasteiger partial charge < -0.3 is 14.4 Å². The van der Waals surface area contributed by atoms with Crippen LogP contribution in [0.3, 0.4) is 0 Å². The summed E-state index contributed by atoms with van der Waals surface area (Å²) < 4.78 is 2.21. The Hall–Kier alpha value is -2.30. The van der Waals surface area contributed by atoms with Crippen molar-refractivity contribution in [3.8, 4) is 0 Å². The van der Waals surface area contributed by atoms with Crippen molar-refractivity contribution in [2.45, 2.75) is 58.9 Å². The van der Waals surface area contributed by atoms with E-state index in [1.807, 2.05) is 23.2 Å². The molecule has 1 aromatic heterocycles. The summed E-state index contributed by atoms with van der Waals surface area (Å²) in [6, 6.07) is 8.19. The van der Waals surface area contributed by atoms with E-state index in [-0.39, 0.29) is 11.8 Å². The van der Waals surface area contributed by atoms with Crippen LogP contribution in [0.25, 0.3) is 10.9 Å². The number of hydrogen-bond acceptors (Lipinski definition) is 2. The van der Waals surface area contributed by atoms with Crippen LogP contribution >= 0.6 is 0 Å². The van der Waals surface area contributed by atoms with Crippen molar-refractivity contribution in [3.63, 3.8) is 0 Å². The second kappa shape index (κ2) is 9.23. The van der Waals surface area contributed by atoms with Gasteiger partial charge in [-0.1, -0.05) is 44.9 Å². The summed E-state index contributed by atoms with van der Waals surface area (Å²) in [7, 11) is 0. The Morgan fingerprint density at radius 2 is 1.60 bits per heavy atom. The first kappa shape index (κ1) is 21.0. The molecule has 0 radical (unpaired) electrons. The van der Waals surface area contributed by atoms with Gasteiger partial charge in [0.1, 0.15) is 0 Å². The zero-order valence-corrected chi connectivity index (χ0v) is 18.5. The molecule has 162 valence electrons. The number of piperidine rings is 1. The first-order chi connectivity index (χ1) is 14.5. The second-order valence-electron chi connectivity index (χ2n) is 9.41. The molecule has 1 aromatic carbocycles. The Balaban J connectivity index is 1.44. The van der Waals surface area contributed by atoms with Gasteiger partial charge in [0.15, 0.2) is 0 Å². The van der Waals surface area contributed by atoms with E-state index in [0.717, 1.165) is 61.8 Å². The van der Waals surface area contributed by atoms with Gasteiger partial charge >= 0.3 is 0 Å². The number of amides is 2. The molecule has 0 saturated carbocycles. The van der Waals surface area contributed by atoms with Crippen molar-refractivity contribution >= 4 is 22.7 Å². The summed E-state index contributed by atoms with van der Waals surface area (Å²) in [5.41, 5.74) is 1.92. The highest BCUT2D eigenvalue weighted by molar-refractivity contribution is 6.07. The number of para-hydroxylation sites is 1. The minimum absolute atomic E-state index is 0.0782. The predicted molar refractivity (Wildman–Crippen MR) is 120 cm³/mol. The first-order valence-corrected chi connectivity index (χ1v) is 11.7. The Labute approximate surface area is 180 Å². The largest absolute Gasteiger partial charge is 0.346 e. The summed E-state index contributed by atoms with van der Waals surface area (Å²) in [6.45, 7) is 8.46. The molecule has 0 aliphatic carbocycles. The van der Waals surface area contributed by atoms with E-state index in [9.17, 15) is 9.59 Å². The zero-order chi connectivity index (χ0) is 21.1. The van der Waals surface area contributed by atoms with Gasteiger partial charge in [0.05, 0.1) is 5.56 Å². The lowest BCUT2D eigenvalue weighted by molar-refractivity contribution is -0.136. The van der Waals surface area contributed by atoms with Crippen molar-refractivity contribution < 1.29 is 9.59 Å². The first-order valence-electron chi connectivity index (χ1n) is 11.7. The van der Waals surface area contributed by atoms with E-state index in [1.54, 1.807) is 0 Å². The average Bonchev–Trinajstić information content (AvgIpc) is 2.93. The number of fused-ring (bicyclic) bond motifs is 1. The molecule has 5 heteroatoms. The molecule has 2 saturated heterocycles. The van der Waals surface area contributed by atoms with Crippen LogP contribution in [0.15, 0.2) is 30.5 Å². The Morgan fingerprint density at radius 3 is 2.27 bits per heavy atom. The number of rotatable bonds is 4. The van der Waals surface area contributed by atoms with Crippen LogP contribution in [0.4, 0.5) is 0 Å². The number of carbonyl (C=O) groups is 2. The van der Waals surface area contributed by atoms with E-state index in [4.69, 9.17) is 0 Å². The van der Waals surface area contributed by atoms with Crippen molar-refractivity contribution in [3.05, 3.63) is 36.0 Å². The maximum Gasteiger partial charge on any atom is 0.256 e. The molecule has 2 aromatic rings. The molecule has 0 atom stereocenters. The highest BCUT2D eigenvalue weighted by atomic mass is 16.2. The van der Waals surface area contributed by atoms with E-state index >= 15 is 0 Å². The number of carbonyl (C=O) groups excluding carboxylic acids is 2. The standard InChI is InChI=1S/C25H35N3O2/c1-19(2)17-28-18-22(21-9-5-6-10-23(21)28)25(30)27-15-11-20(12-16-27)24(29)26-13-7-3-4-8-14-26/h5-6,9-10,18-20H,3-4,7-8,11-17H2,1-2H3. The lowest BCUT2D eigenvalue weighted by atomic mass is 9.94. The molecule has 0 unspecified atom stereocenters. The third kappa shape index (κ3) is 4.40. The molecular formula is C25H35N3O2. The fourth-order valence-corrected chi connectivity index (χ4v) is 5.01. The van der Waals surface area contributed by atoms with E-state index in [1.165, 1.54) is 12.8 Å². The van der Waals surface area contributed by atoms with Crippen LogP contribution in [-0.2, 0) is 11.3 Å². The number of likely N-dealkylation sites (tertiary alicyclic amines) is 2. The minimum atomic E-state index is 0.0782. The lowest BCUT2D eigenvalue weighted by Gasteiger charge is -2.34. The third-order valence-corrected chi connectivity index (χ3v) is 6.63. The monoisotopic (exact) mass is 409 g/mol. The van der Waals surface area contributed by atoms with E-state index in [2.05, 4.69) is 35.4 Å². The topological polar surface area (TPSA) is 45.6 Å². The van der Waals surface area contributed by atoms with E-state index in [0.29, 0.717) is 24.9 Å². The molecule has 2 amide bonds. The van der Waals surface area contributed by atoms with Crippen LogP contribution < -0.4 is 0 Å². The highest BCUT2D eigenvalue weighted by Crippen LogP contribution is 2.27. The third-order valence-electron chi connectivity index (χ3n) is 6.63. The van der Waals surface area contributed by atoms with Crippen LogP contribution in [0.2, 0.25) is 0 Å². The average molecular weight is 410 g/mol. The van der Waals surface area contributed by atoms with Gasteiger partial charge in [0.2, 0.25) is 5.91 Å². The zero-order valence-electron chi connectivity index (χ0n) is 18.5. The predicted octanol–water partition coefficient (Wildman–Crippen LogP) is 4.55. The van der Waals surface area contributed by atoms with Gasteiger partial charge in [-0.05, 0) is 37.7 Å². The summed E-state index contributed by atoms with van der Waals surface area (Å²) in [4.78, 5) is 30.3. The SMILES string of the molecule is CC(C)Cn1cc(C(=O)N2CCC(C(=O)N3CCCCCC3)CC2)c2ccccc21. The maximum absolute atomic E-state index is 13.4. The Kier molecular flexibility index (Phi) is 6.45. The van der Waals surface area contributed by atoms with Crippen molar-refractivity contribution in [1.29, 1.82) is 0 Å². The lowest BCUT2D eigenvalue weighted by Crippen LogP contribution is -2.44. The molecule has 4 rings (SSSR count). The number of benzene rings is 1. The van der Waals surface area contributed by atoms with Gasteiger partial charge in [-0.2, -0.15) is 0 Å². The number of nitrogens with zero attached hydrogens (tertiary/aromatic N) is 3. The summed E-state index contributed by atoms with van der Waals surface area (Å²) in [5.74, 6) is 1.02. The molecule has 5 nitrogen and oxygen atoms in total. The Morgan fingerprint density at radius 1 is 0.933 bits per heavy atom. The van der Waals surface area contributed by atoms with Gasteiger partial charge in [0.25, 0.3) is 5.91 Å². The van der Waals surface area contributed by atoms with E-state index < -0.39 is 0 Å². The fraction of sp³-hybridized carbons (Fsp3) is 0.600. The van der Waals surface area contributed by atoms with Crippen LogP contribution in [-0.4, -0.2) is 52.4 Å². The molecule has 3 heterocycles. The van der Waals surface area contributed by atoms with Gasteiger partial charge in [-0.3, -0.25) is 9.59 Å². The molecule has 30 heavy (non-hydrogen) atoms. The number of aromatic nitrogens is 1. The number of hydrogen-bond donors (Lipinski definition) is 0. The normalized spacial score (nSPS) is 18.8. The minimum Gasteiger partial charge on any atom is -0.346 e. The summed E-state index contributed by atoms with van der Waals surface area (Å²) in [5, 5.41) is 1.03. The van der Waals surface area contributed by atoms with Crippen LogP contribution in [0, 0.1) is 11.8 Å². The molecule has 0 spiro atoms. The smallest absolute Gasteiger partial charge is 0.256 e. The molecule has 2 fully saturated rings. The summed E-state index contributed by atoms with van der Waals surface area (Å²) >= 11 is 0. The Bertz CT molecular complexity index is 885. The van der Waals surface area contributed by atoms with Crippen LogP contribution in [0.1, 0.15) is 62.7 Å². The van der Waals surface area contributed by atoms with Crippen LogP contribution in [0.5, 0.6) is 0 Å². The summed E-state index contributed by atoms with van der Waals surface area (Å²) in [6.07, 6.45) is 8.33. The van der Waals surface area contributed by atoms with Crippen molar-refractivity contribution in [2.24, 2.45) is 11.8 Å². The van der Waals surface area contributed by atoms with Gasteiger partial charge in [-0.15, -0.1) is 0 Å². The highest BCUT2D eigenvalue weighted by Gasteiger charge is 2.31. The molecule has 2 aliphatic heterocycles. The van der Waals surface area contributed by atoms with Crippen molar-refractivity contribution in [1.82, 2.24) is 14.4 Å². The second-order valence-corrected chi connectivity index (χ2v) is 9.41. The quantitative estimate of drug-likeness (QED) is 0.744.